The maximum absolute atomic E-state index is 10.6. The van der Waals surface area contributed by atoms with Gasteiger partial charge in [-0.25, -0.2) is 4.79 Å². The Hall–Kier alpha value is -2.31. The Labute approximate surface area is 181 Å². The summed E-state index contributed by atoms with van der Waals surface area (Å²) < 4.78 is 44.0. The summed E-state index contributed by atoms with van der Waals surface area (Å²) in [5.41, 5.74) is 0.861. The third-order valence-electron chi connectivity index (χ3n) is 4.94. The number of nitrogens with zero attached hydrogens (tertiary/aromatic N) is 4. The Morgan fingerprint density at radius 2 is 2.19 bits per heavy atom. The standard InChI is InChI=1S/C17H22N4O2S.C2HF3O2/c1-13-19-20-16(24-13)21-8-4-6-17(12-21)9-15(11-23-17)22-10-14-5-2-3-7-18-14;3-2(4,5)1(6)7/h2-3,5,7,15H,4,6,8-12H2,1H3;(H,6,7)/t15-,17+;/m1./s1. The third kappa shape index (κ3) is 6.58. The molecular weight excluding hydrogens is 437 g/mol. The smallest absolute Gasteiger partial charge is 0.475 e. The van der Waals surface area contributed by atoms with Crippen LogP contribution in [0.1, 0.15) is 30.0 Å². The van der Waals surface area contributed by atoms with Gasteiger partial charge in [-0.1, -0.05) is 17.4 Å². The van der Waals surface area contributed by atoms with Crippen molar-refractivity contribution in [1.29, 1.82) is 0 Å². The molecule has 2 atom stereocenters. The highest BCUT2D eigenvalue weighted by Crippen LogP contribution is 2.38. The molecule has 0 bridgehead atoms. The van der Waals surface area contributed by atoms with Crippen LogP contribution in [0.3, 0.4) is 0 Å². The number of hydrogen-bond donors (Lipinski definition) is 1. The molecule has 0 amide bonds. The van der Waals surface area contributed by atoms with Crippen LogP contribution >= 0.6 is 11.3 Å². The van der Waals surface area contributed by atoms with Gasteiger partial charge in [-0.2, -0.15) is 13.2 Å². The van der Waals surface area contributed by atoms with E-state index in [1.54, 1.807) is 17.5 Å². The molecular formula is C19H23F3N4O4S. The minimum absolute atomic E-state index is 0.105. The molecule has 1 N–H and O–H groups in total. The van der Waals surface area contributed by atoms with Gasteiger partial charge < -0.3 is 19.5 Å². The molecule has 8 nitrogen and oxygen atoms in total. The Bertz CT molecular complexity index is 867. The number of aliphatic carboxylic acids is 1. The molecule has 0 aliphatic carbocycles. The monoisotopic (exact) mass is 460 g/mol. The summed E-state index contributed by atoms with van der Waals surface area (Å²) >= 11 is 1.65. The molecule has 0 unspecified atom stereocenters. The minimum Gasteiger partial charge on any atom is -0.475 e. The zero-order valence-corrected chi connectivity index (χ0v) is 17.7. The normalized spacial score (nSPS) is 23.5. The molecule has 0 radical (unpaired) electrons. The number of halogens is 3. The lowest BCUT2D eigenvalue weighted by Gasteiger charge is -2.39. The SMILES string of the molecule is Cc1nnc(N2CCC[C@]3(C[C@@H](OCc4ccccn4)CO3)C2)s1.O=C(O)C(F)(F)F. The van der Waals surface area contributed by atoms with Crippen molar-refractivity contribution in [2.75, 3.05) is 24.6 Å². The van der Waals surface area contributed by atoms with E-state index in [0.717, 1.165) is 48.2 Å². The largest absolute Gasteiger partial charge is 0.490 e. The van der Waals surface area contributed by atoms with E-state index in [1.165, 1.54) is 0 Å². The van der Waals surface area contributed by atoms with Gasteiger partial charge in [-0.15, -0.1) is 10.2 Å². The van der Waals surface area contributed by atoms with Crippen molar-refractivity contribution in [2.45, 2.75) is 50.7 Å². The van der Waals surface area contributed by atoms with Crippen molar-refractivity contribution in [1.82, 2.24) is 15.2 Å². The van der Waals surface area contributed by atoms with Gasteiger partial charge in [0.2, 0.25) is 5.13 Å². The van der Waals surface area contributed by atoms with Crippen LogP contribution in [0.5, 0.6) is 0 Å². The maximum atomic E-state index is 10.6. The molecule has 12 heteroatoms. The Kier molecular flexibility index (Phi) is 7.44. The van der Waals surface area contributed by atoms with Crippen molar-refractivity contribution in [3.8, 4) is 0 Å². The first kappa shape index (κ1) is 23.4. The Balaban J connectivity index is 0.000000339. The molecule has 0 saturated carbocycles. The van der Waals surface area contributed by atoms with E-state index in [1.807, 2.05) is 25.1 Å². The molecule has 4 heterocycles. The molecule has 2 saturated heterocycles. The first-order valence-electron chi connectivity index (χ1n) is 9.67. The molecule has 31 heavy (non-hydrogen) atoms. The van der Waals surface area contributed by atoms with Gasteiger partial charge in [0.25, 0.3) is 0 Å². The molecule has 2 fully saturated rings. The van der Waals surface area contributed by atoms with E-state index in [9.17, 15) is 13.2 Å². The number of piperidine rings is 1. The van der Waals surface area contributed by atoms with Gasteiger partial charge in [-0.3, -0.25) is 4.98 Å². The van der Waals surface area contributed by atoms with Crippen LogP contribution < -0.4 is 4.90 Å². The van der Waals surface area contributed by atoms with Crippen LogP contribution in [0.4, 0.5) is 18.3 Å². The molecule has 2 aromatic heterocycles. The van der Waals surface area contributed by atoms with Crippen LogP contribution in [0.15, 0.2) is 24.4 Å². The van der Waals surface area contributed by atoms with E-state index in [-0.39, 0.29) is 11.7 Å². The minimum atomic E-state index is -5.08. The number of aromatic nitrogens is 3. The summed E-state index contributed by atoms with van der Waals surface area (Å²) in [6, 6.07) is 5.90. The summed E-state index contributed by atoms with van der Waals surface area (Å²) in [6.45, 7) is 5.11. The number of aryl methyl sites for hydroxylation is 1. The third-order valence-corrected chi connectivity index (χ3v) is 5.84. The van der Waals surface area contributed by atoms with Crippen LogP contribution in [0, 0.1) is 6.92 Å². The number of carbonyl (C=O) groups is 1. The first-order chi connectivity index (χ1) is 14.7. The number of hydrogen-bond acceptors (Lipinski definition) is 8. The van der Waals surface area contributed by atoms with Gasteiger partial charge in [0, 0.05) is 25.7 Å². The van der Waals surface area contributed by atoms with Crippen LogP contribution in [0.25, 0.3) is 0 Å². The average Bonchev–Trinajstić information content (AvgIpc) is 3.33. The molecule has 4 rings (SSSR count). The highest BCUT2D eigenvalue weighted by molar-refractivity contribution is 7.15. The summed E-state index contributed by atoms with van der Waals surface area (Å²) in [7, 11) is 0. The Morgan fingerprint density at radius 1 is 1.42 bits per heavy atom. The van der Waals surface area contributed by atoms with Crippen LogP contribution in [0.2, 0.25) is 0 Å². The number of carboxylic acid groups (broad SMARTS) is 1. The fourth-order valence-electron chi connectivity index (χ4n) is 3.56. The zero-order valence-electron chi connectivity index (χ0n) is 16.8. The lowest BCUT2D eigenvalue weighted by atomic mass is 9.89. The second-order valence-electron chi connectivity index (χ2n) is 7.38. The number of ether oxygens (including phenoxy) is 2. The predicted molar refractivity (Wildman–Crippen MR) is 106 cm³/mol. The van der Waals surface area contributed by atoms with E-state index in [4.69, 9.17) is 19.4 Å². The lowest BCUT2D eigenvalue weighted by Crippen LogP contribution is -2.48. The topological polar surface area (TPSA) is 97.7 Å². The second kappa shape index (κ2) is 9.88. The highest BCUT2D eigenvalue weighted by atomic mass is 32.1. The molecule has 2 aliphatic heterocycles. The van der Waals surface area contributed by atoms with Crippen molar-refractivity contribution >= 4 is 22.4 Å². The van der Waals surface area contributed by atoms with Crippen molar-refractivity contribution in [3.05, 3.63) is 35.1 Å². The van der Waals surface area contributed by atoms with Crippen LogP contribution in [-0.2, 0) is 20.9 Å². The van der Waals surface area contributed by atoms with Crippen molar-refractivity contribution < 1.29 is 32.5 Å². The number of alkyl halides is 3. The van der Waals surface area contributed by atoms with Crippen molar-refractivity contribution in [2.24, 2.45) is 0 Å². The van der Waals surface area contributed by atoms with Gasteiger partial charge >= 0.3 is 12.1 Å². The van der Waals surface area contributed by atoms with Crippen molar-refractivity contribution in [3.63, 3.8) is 0 Å². The average molecular weight is 460 g/mol. The summed E-state index contributed by atoms with van der Waals surface area (Å²) in [5, 5.41) is 17.6. The van der Waals surface area contributed by atoms with Crippen LogP contribution in [-0.4, -0.2) is 63.8 Å². The second-order valence-corrected chi connectivity index (χ2v) is 8.54. The number of anilines is 1. The summed E-state index contributed by atoms with van der Waals surface area (Å²) in [4.78, 5) is 15.5. The Morgan fingerprint density at radius 3 is 2.81 bits per heavy atom. The molecule has 2 aliphatic rings. The molecule has 0 aromatic carbocycles. The van der Waals surface area contributed by atoms with Gasteiger partial charge in [0.1, 0.15) is 5.01 Å². The maximum Gasteiger partial charge on any atom is 0.490 e. The fraction of sp³-hybridized carbons (Fsp3) is 0.579. The highest BCUT2D eigenvalue weighted by Gasteiger charge is 2.44. The number of rotatable bonds is 4. The predicted octanol–water partition coefficient (Wildman–Crippen LogP) is 3.22. The molecule has 1 spiro atoms. The van der Waals surface area contributed by atoms with E-state index >= 15 is 0 Å². The fourth-order valence-corrected chi connectivity index (χ4v) is 4.27. The van der Waals surface area contributed by atoms with E-state index in [2.05, 4.69) is 20.1 Å². The van der Waals surface area contributed by atoms with Gasteiger partial charge in [-0.05, 0) is 31.9 Å². The van der Waals surface area contributed by atoms with Gasteiger partial charge in [0.05, 0.1) is 30.6 Å². The number of carboxylic acids is 1. The van der Waals surface area contributed by atoms with E-state index in [0.29, 0.717) is 13.2 Å². The number of pyridine rings is 1. The molecule has 170 valence electrons. The summed E-state index contributed by atoms with van der Waals surface area (Å²) in [5.74, 6) is -2.76. The first-order valence-corrected chi connectivity index (χ1v) is 10.5. The van der Waals surface area contributed by atoms with E-state index < -0.39 is 12.1 Å². The zero-order chi connectivity index (χ0) is 22.5. The quantitative estimate of drug-likeness (QED) is 0.743. The molecule has 2 aromatic rings. The lowest BCUT2D eigenvalue weighted by molar-refractivity contribution is -0.192. The van der Waals surface area contributed by atoms with Gasteiger partial charge in [0.15, 0.2) is 0 Å². The summed E-state index contributed by atoms with van der Waals surface area (Å²) in [6.07, 6.45) is 0.00173.